The van der Waals surface area contributed by atoms with Crippen LogP contribution < -0.4 is 20.1 Å². The molecule has 8 nitrogen and oxygen atoms in total. The molecule has 3 amide bonds. The van der Waals surface area contributed by atoms with Gasteiger partial charge < -0.3 is 19.5 Å². The van der Waals surface area contributed by atoms with Crippen molar-refractivity contribution in [2.75, 3.05) is 25.6 Å². The van der Waals surface area contributed by atoms with E-state index in [2.05, 4.69) is 15.4 Å². The molecule has 2 aromatic rings. The molecular formula is C19H18N2O6S. The largest absolute Gasteiger partial charge is 0.497 e. The number of thiophene rings is 1. The fourth-order valence-electron chi connectivity index (χ4n) is 2.51. The molecule has 0 fully saturated rings. The van der Waals surface area contributed by atoms with Gasteiger partial charge in [-0.15, -0.1) is 11.3 Å². The van der Waals surface area contributed by atoms with Crippen molar-refractivity contribution in [3.8, 4) is 11.5 Å². The zero-order chi connectivity index (χ0) is 20.1. The molecule has 9 heteroatoms. The third-order valence-corrected chi connectivity index (χ3v) is 4.68. The number of anilines is 1. The number of nitrogens with one attached hydrogen (secondary N) is 2. The molecule has 0 saturated heterocycles. The van der Waals surface area contributed by atoms with Gasteiger partial charge in [-0.1, -0.05) is 0 Å². The van der Waals surface area contributed by atoms with E-state index in [9.17, 15) is 14.4 Å². The lowest BCUT2D eigenvalue weighted by atomic mass is 10.1. The van der Waals surface area contributed by atoms with Gasteiger partial charge in [0.15, 0.2) is 0 Å². The first-order valence-electron chi connectivity index (χ1n) is 8.40. The Morgan fingerprint density at radius 1 is 1.21 bits per heavy atom. The van der Waals surface area contributed by atoms with E-state index in [0.717, 1.165) is 5.56 Å². The number of methoxy groups -OCH3 is 1. The zero-order valence-corrected chi connectivity index (χ0v) is 16.1. The average molecular weight is 402 g/mol. The number of rotatable bonds is 5. The monoisotopic (exact) mass is 402 g/mol. The molecule has 1 aliphatic rings. The van der Waals surface area contributed by atoms with E-state index < -0.39 is 17.9 Å². The molecule has 0 aliphatic carbocycles. The number of fused-ring (bicyclic) bond motifs is 1. The van der Waals surface area contributed by atoms with Gasteiger partial charge in [0, 0.05) is 5.56 Å². The lowest BCUT2D eigenvalue weighted by Gasteiger charge is -2.18. The maximum atomic E-state index is 12.6. The normalized spacial score (nSPS) is 12.1. The maximum absolute atomic E-state index is 12.6. The highest BCUT2D eigenvalue weighted by molar-refractivity contribution is 7.14. The van der Waals surface area contributed by atoms with E-state index in [4.69, 9.17) is 9.47 Å². The number of carbonyl (C=O) groups is 3. The number of alkyl carbamates (subject to hydrolysis) is 1. The standard InChI is InChI=1S/C19H18N2O6S/c1-3-26-19(24)21-17(23)14-6-7-28-18(14)20-16(22)12-8-11-9-13(25-2)4-5-15(11)27-10-12/h4-9H,3,10H2,1-2H3,(H,20,22)(H,21,23,24). The summed E-state index contributed by atoms with van der Waals surface area (Å²) in [5.41, 5.74) is 1.29. The lowest BCUT2D eigenvalue weighted by Crippen LogP contribution is -2.31. The third kappa shape index (κ3) is 4.32. The van der Waals surface area contributed by atoms with Crippen LogP contribution in [0.2, 0.25) is 0 Å². The van der Waals surface area contributed by atoms with Gasteiger partial charge in [0.1, 0.15) is 23.1 Å². The third-order valence-electron chi connectivity index (χ3n) is 3.85. The number of benzene rings is 1. The Labute approximate surface area is 165 Å². The van der Waals surface area contributed by atoms with E-state index in [0.29, 0.717) is 22.1 Å². The van der Waals surface area contributed by atoms with E-state index in [-0.39, 0.29) is 18.8 Å². The minimum Gasteiger partial charge on any atom is -0.497 e. The van der Waals surface area contributed by atoms with Crippen LogP contribution in [0.1, 0.15) is 22.8 Å². The fourth-order valence-corrected chi connectivity index (χ4v) is 3.29. The van der Waals surface area contributed by atoms with Crippen molar-refractivity contribution >= 4 is 40.3 Å². The minimum absolute atomic E-state index is 0.0981. The van der Waals surface area contributed by atoms with Gasteiger partial charge in [-0.25, -0.2) is 4.79 Å². The van der Waals surface area contributed by atoms with Crippen LogP contribution in [-0.4, -0.2) is 38.2 Å². The topological polar surface area (TPSA) is 103 Å². The van der Waals surface area contributed by atoms with E-state index in [1.165, 1.54) is 17.4 Å². The molecule has 146 valence electrons. The maximum Gasteiger partial charge on any atom is 0.414 e. The number of hydrogen-bond donors (Lipinski definition) is 2. The molecular weight excluding hydrogens is 384 g/mol. The Morgan fingerprint density at radius 3 is 2.79 bits per heavy atom. The van der Waals surface area contributed by atoms with Crippen LogP contribution in [0.3, 0.4) is 0 Å². The van der Waals surface area contributed by atoms with Crippen molar-refractivity contribution in [3.63, 3.8) is 0 Å². The summed E-state index contributed by atoms with van der Waals surface area (Å²) >= 11 is 1.17. The van der Waals surface area contributed by atoms with Gasteiger partial charge >= 0.3 is 6.09 Å². The number of carbonyl (C=O) groups excluding carboxylic acids is 3. The molecule has 2 heterocycles. The van der Waals surface area contributed by atoms with Gasteiger partial charge in [-0.2, -0.15) is 0 Å². The molecule has 0 radical (unpaired) electrons. The summed E-state index contributed by atoms with van der Waals surface area (Å²) in [5.74, 6) is 0.250. The number of imide groups is 1. The Kier molecular flexibility index (Phi) is 5.95. The quantitative estimate of drug-likeness (QED) is 0.797. The summed E-state index contributed by atoms with van der Waals surface area (Å²) in [6.45, 7) is 1.88. The minimum atomic E-state index is -0.843. The Balaban J connectivity index is 1.74. The van der Waals surface area contributed by atoms with Crippen LogP contribution in [-0.2, 0) is 9.53 Å². The van der Waals surface area contributed by atoms with Crippen LogP contribution in [0.15, 0.2) is 35.2 Å². The van der Waals surface area contributed by atoms with Gasteiger partial charge in [0.2, 0.25) is 0 Å². The van der Waals surface area contributed by atoms with E-state index >= 15 is 0 Å². The summed E-state index contributed by atoms with van der Waals surface area (Å²) < 4.78 is 15.5. The van der Waals surface area contributed by atoms with Crippen molar-refractivity contribution in [2.45, 2.75) is 6.92 Å². The molecule has 0 saturated carbocycles. The van der Waals surface area contributed by atoms with Crippen LogP contribution in [0.4, 0.5) is 9.80 Å². The summed E-state index contributed by atoms with van der Waals surface area (Å²) in [6, 6.07) is 6.83. The summed E-state index contributed by atoms with van der Waals surface area (Å²) in [5, 5.41) is 6.76. The highest BCUT2D eigenvalue weighted by atomic mass is 32.1. The first-order chi connectivity index (χ1) is 13.5. The van der Waals surface area contributed by atoms with Gasteiger partial charge in [0.05, 0.1) is 24.9 Å². The predicted molar refractivity (Wildman–Crippen MR) is 104 cm³/mol. The summed E-state index contributed by atoms with van der Waals surface area (Å²) in [7, 11) is 1.56. The molecule has 0 unspecified atom stereocenters. The molecule has 1 aromatic carbocycles. The first-order valence-corrected chi connectivity index (χ1v) is 9.28. The van der Waals surface area contributed by atoms with Crippen LogP contribution in [0, 0.1) is 0 Å². The van der Waals surface area contributed by atoms with Crippen LogP contribution in [0.5, 0.6) is 11.5 Å². The predicted octanol–water partition coefficient (Wildman–Crippen LogP) is 3.06. The van der Waals surface area contributed by atoms with Gasteiger partial charge in [0.25, 0.3) is 11.8 Å². The fraction of sp³-hybridized carbons (Fsp3) is 0.211. The molecule has 1 aliphatic heterocycles. The summed E-state index contributed by atoms with van der Waals surface area (Å²) in [4.78, 5) is 36.2. The van der Waals surface area contributed by atoms with Crippen LogP contribution >= 0.6 is 11.3 Å². The van der Waals surface area contributed by atoms with Gasteiger partial charge in [-0.3, -0.25) is 14.9 Å². The summed E-state index contributed by atoms with van der Waals surface area (Å²) in [6.07, 6.45) is 0.868. The highest BCUT2D eigenvalue weighted by Gasteiger charge is 2.21. The first kappa shape index (κ1) is 19.4. The van der Waals surface area contributed by atoms with Crippen molar-refractivity contribution < 1.29 is 28.6 Å². The van der Waals surface area contributed by atoms with E-state index in [1.807, 2.05) is 0 Å². The molecule has 2 N–H and O–H groups in total. The van der Waals surface area contributed by atoms with Gasteiger partial charge in [-0.05, 0) is 42.6 Å². The average Bonchev–Trinajstić information content (AvgIpc) is 3.15. The van der Waals surface area contributed by atoms with Crippen molar-refractivity contribution in [3.05, 3.63) is 46.3 Å². The van der Waals surface area contributed by atoms with Crippen molar-refractivity contribution in [2.24, 2.45) is 0 Å². The Bertz CT molecular complexity index is 950. The van der Waals surface area contributed by atoms with Crippen LogP contribution in [0.25, 0.3) is 6.08 Å². The van der Waals surface area contributed by atoms with Crippen molar-refractivity contribution in [1.29, 1.82) is 0 Å². The molecule has 1 aromatic heterocycles. The smallest absolute Gasteiger partial charge is 0.414 e. The number of amides is 3. The molecule has 0 atom stereocenters. The Hall–Kier alpha value is -3.33. The second-order valence-corrected chi connectivity index (χ2v) is 6.57. The van der Waals surface area contributed by atoms with E-state index in [1.54, 1.807) is 43.7 Å². The SMILES string of the molecule is CCOC(=O)NC(=O)c1ccsc1NC(=O)C1=Cc2cc(OC)ccc2OC1. The highest BCUT2D eigenvalue weighted by Crippen LogP contribution is 2.31. The van der Waals surface area contributed by atoms with Crippen molar-refractivity contribution in [1.82, 2.24) is 5.32 Å². The molecule has 3 rings (SSSR count). The number of hydrogen-bond acceptors (Lipinski definition) is 7. The second kappa shape index (κ2) is 8.57. The lowest BCUT2D eigenvalue weighted by molar-refractivity contribution is -0.113. The molecule has 0 bridgehead atoms. The zero-order valence-electron chi connectivity index (χ0n) is 15.2. The Morgan fingerprint density at radius 2 is 2.04 bits per heavy atom. The molecule has 0 spiro atoms. The molecule has 28 heavy (non-hydrogen) atoms. The number of ether oxygens (including phenoxy) is 3. The second-order valence-electron chi connectivity index (χ2n) is 5.65.